The van der Waals surface area contributed by atoms with Crippen LogP contribution in [0.4, 0.5) is 0 Å². The van der Waals surface area contributed by atoms with Gasteiger partial charge in [0.2, 0.25) is 0 Å². The Labute approximate surface area is 117 Å². The van der Waals surface area contributed by atoms with Crippen LogP contribution in [-0.2, 0) is 11.3 Å². The highest BCUT2D eigenvalue weighted by Crippen LogP contribution is 2.15. The number of carbonyl (C=O) groups excluding carboxylic acids is 1. The van der Waals surface area contributed by atoms with Crippen molar-refractivity contribution < 1.29 is 13.9 Å². The van der Waals surface area contributed by atoms with Gasteiger partial charge in [-0.2, -0.15) is 0 Å². The lowest BCUT2D eigenvalue weighted by atomic mass is 10.2. The van der Waals surface area contributed by atoms with E-state index in [1.165, 1.54) is 0 Å². The maximum absolute atomic E-state index is 10.6. The second-order valence-corrected chi connectivity index (χ2v) is 4.52. The van der Waals surface area contributed by atoms with Gasteiger partial charge < -0.3 is 20.2 Å². The lowest BCUT2D eigenvalue weighted by molar-refractivity contribution is -0.119. The summed E-state index contributed by atoms with van der Waals surface area (Å²) >= 11 is 0. The Morgan fingerprint density at radius 3 is 2.70 bits per heavy atom. The van der Waals surface area contributed by atoms with E-state index in [4.69, 9.17) is 14.9 Å². The third-order valence-electron chi connectivity index (χ3n) is 2.89. The van der Waals surface area contributed by atoms with Gasteiger partial charge in [-0.1, -0.05) is 12.1 Å². The molecule has 1 aromatic carbocycles. The van der Waals surface area contributed by atoms with Gasteiger partial charge in [-0.3, -0.25) is 4.79 Å². The summed E-state index contributed by atoms with van der Waals surface area (Å²) in [6, 6.07) is 11.5. The molecule has 3 N–H and O–H groups in total. The van der Waals surface area contributed by atoms with Gasteiger partial charge in [-0.15, -0.1) is 0 Å². The van der Waals surface area contributed by atoms with Crippen LogP contribution in [0.15, 0.2) is 47.1 Å². The van der Waals surface area contributed by atoms with Crippen LogP contribution in [0.5, 0.6) is 5.75 Å². The molecule has 0 aliphatic heterocycles. The maximum Gasteiger partial charge on any atom is 0.255 e. The molecule has 1 aromatic heterocycles. The number of hydrogen-bond donors (Lipinski definition) is 2. The van der Waals surface area contributed by atoms with Crippen molar-refractivity contribution in [2.75, 3.05) is 6.61 Å². The van der Waals surface area contributed by atoms with Crippen LogP contribution >= 0.6 is 0 Å². The molecular weight excluding hydrogens is 256 g/mol. The molecule has 0 saturated heterocycles. The van der Waals surface area contributed by atoms with Crippen LogP contribution in [0.3, 0.4) is 0 Å². The normalized spacial score (nSPS) is 12.1. The fourth-order valence-electron chi connectivity index (χ4n) is 1.77. The molecule has 20 heavy (non-hydrogen) atoms. The van der Waals surface area contributed by atoms with Gasteiger partial charge in [0, 0.05) is 6.54 Å². The first kappa shape index (κ1) is 14.1. The van der Waals surface area contributed by atoms with Crippen LogP contribution in [0.1, 0.15) is 24.3 Å². The Morgan fingerprint density at radius 2 is 2.10 bits per heavy atom. The Hall–Kier alpha value is -2.27. The van der Waals surface area contributed by atoms with Gasteiger partial charge in [0.05, 0.1) is 12.3 Å². The van der Waals surface area contributed by atoms with Gasteiger partial charge in [0.1, 0.15) is 11.5 Å². The van der Waals surface area contributed by atoms with E-state index >= 15 is 0 Å². The minimum absolute atomic E-state index is 0.104. The average Bonchev–Trinajstić information content (AvgIpc) is 2.98. The molecule has 1 amide bonds. The zero-order valence-corrected chi connectivity index (χ0v) is 11.3. The van der Waals surface area contributed by atoms with Gasteiger partial charge in [0.15, 0.2) is 6.61 Å². The van der Waals surface area contributed by atoms with Crippen molar-refractivity contribution in [1.82, 2.24) is 5.32 Å². The number of hydrogen-bond acceptors (Lipinski definition) is 4. The SMILES string of the molecule is C[C@H](NCc1ccc(OCC(N)=O)cc1)c1ccco1. The average molecular weight is 274 g/mol. The Balaban J connectivity index is 1.83. The molecule has 0 aliphatic rings. The van der Waals surface area contributed by atoms with E-state index in [0.717, 1.165) is 17.9 Å². The summed E-state index contributed by atoms with van der Waals surface area (Å²) in [6.45, 7) is 2.66. The molecule has 0 saturated carbocycles. The summed E-state index contributed by atoms with van der Waals surface area (Å²) in [5.41, 5.74) is 6.13. The molecule has 2 rings (SSSR count). The highest BCUT2D eigenvalue weighted by atomic mass is 16.5. The molecule has 0 unspecified atom stereocenters. The maximum atomic E-state index is 10.6. The first-order chi connectivity index (χ1) is 9.65. The number of benzene rings is 1. The highest BCUT2D eigenvalue weighted by molar-refractivity contribution is 5.75. The fourth-order valence-corrected chi connectivity index (χ4v) is 1.77. The first-order valence-electron chi connectivity index (χ1n) is 6.42. The third kappa shape index (κ3) is 4.13. The molecule has 2 aromatic rings. The minimum Gasteiger partial charge on any atom is -0.484 e. The lowest BCUT2D eigenvalue weighted by Gasteiger charge is -2.11. The van der Waals surface area contributed by atoms with Crippen LogP contribution in [0.25, 0.3) is 0 Å². The lowest BCUT2D eigenvalue weighted by Crippen LogP contribution is -2.20. The van der Waals surface area contributed by atoms with Crippen LogP contribution in [0, 0.1) is 0 Å². The zero-order valence-electron chi connectivity index (χ0n) is 11.3. The monoisotopic (exact) mass is 274 g/mol. The molecule has 1 atom stereocenters. The van der Waals surface area contributed by atoms with Gasteiger partial charge in [-0.05, 0) is 36.8 Å². The first-order valence-corrected chi connectivity index (χ1v) is 6.42. The summed E-state index contributed by atoms with van der Waals surface area (Å²) in [6.07, 6.45) is 1.67. The van der Waals surface area contributed by atoms with Crippen molar-refractivity contribution in [1.29, 1.82) is 0 Å². The number of furan rings is 1. The summed E-state index contributed by atoms with van der Waals surface area (Å²) in [5.74, 6) is 1.06. The van der Waals surface area contributed by atoms with Gasteiger partial charge in [-0.25, -0.2) is 0 Å². The van der Waals surface area contributed by atoms with Crippen molar-refractivity contribution in [3.05, 3.63) is 54.0 Å². The van der Waals surface area contributed by atoms with Crippen molar-refractivity contribution in [3.8, 4) is 5.75 Å². The van der Waals surface area contributed by atoms with E-state index in [-0.39, 0.29) is 12.6 Å². The largest absolute Gasteiger partial charge is 0.484 e. The second kappa shape index (κ2) is 6.77. The molecule has 106 valence electrons. The molecule has 0 bridgehead atoms. The fraction of sp³-hybridized carbons (Fsp3) is 0.267. The highest BCUT2D eigenvalue weighted by Gasteiger charge is 2.07. The Morgan fingerprint density at radius 1 is 1.35 bits per heavy atom. The van der Waals surface area contributed by atoms with E-state index in [1.807, 2.05) is 43.3 Å². The molecule has 5 nitrogen and oxygen atoms in total. The number of rotatable bonds is 7. The smallest absolute Gasteiger partial charge is 0.255 e. The summed E-state index contributed by atoms with van der Waals surface area (Å²) in [5, 5.41) is 3.36. The summed E-state index contributed by atoms with van der Waals surface area (Å²) in [4.78, 5) is 10.6. The minimum atomic E-state index is -0.483. The molecule has 0 fully saturated rings. The van der Waals surface area contributed by atoms with Crippen molar-refractivity contribution in [2.45, 2.75) is 19.5 Å². The van der Waals surface area contributed by atoms with E-state index in [2.05, 4.69) is 5.32 Å². The van der Waals surface area contributed by atoms with E-state index in [0.29, 0.717) is 5.75 Å². The van der Waals surface area contributed by atoms with Crippen molar-refractivity contribution >= 4 is 5.91 Å². The van der Waals surface area contributed by atoms with E-state index in [9.17, 15) is 4.79 Å². The summed E-state index contributed by atoms with van der Waals surface area (Å²) < 4.78 is 10.5. The Bertz CT molecular complexity index is 535. The molecule has 0 spiro atoms. The summed E-state index contributed by atoms with van der Waals surface area (Å²) in [7, 11) is 0. The van der Waals surface area contributed by atoms with Gasteiger partial charge >= 0.3 is 0 Å². The number of amides is 1. The second-order valence-electron chi connectivity index (χ2n) is 4.52. The predicted octanol–water partition coefficient (Wildman–Crippen LogP) is 1.99. The van der Waals surface area contributed by atoms with Crippen LogP contribution < -0.4 is 15.8 Å². The number of carbonyl (C=O) groups is 1. The molecule has 5 heteroatoms. The molecule has 0 aliphatic carbocycles. The molecule has 1 heterocycles. The predicted molar refractivity (Wildman–Crippen MR) is 75.1 cm³/mol. The van der Waals surface area contributed by atoms with Crippen molar-refractivity contribution in [3.63, 3.8) is 0 Å². The van der Waals surface area contributed by atoms with E-state index in [1.54, 1.807) is 6.26 Å². The topological polar surface area (TPSA) is 77.5 Å². The number of nitrogens with two attached hydrogens (primary N) is 1. The molecule has 0 radical (unpaired) electrons. The van der Waals surface area contributed by atoms with Crippen LogP contribution in [0.2, 0.25) is 0 Å². The standard InChI is InChI=1S/C15H18N2O3/c1-11(14-3-2-8-19-14)17-9-12-4-6-13(7-5-12)20-10-15(16)18/h2-8,11,17H,9-10H2,1H3,(H2,16,18)/t11-/m0/s1. The quantitative estimate of drug-likeness (QED) is 0.809. The number of primary amides is 1. The number of ether oxygens (including phenoxy) is 1. The van der Waals surface area contributed by atoms with Crippen molar-refractivity contribution in [2.24, 2.45) is 5.73 Å². The zero-order chi connectivity index (χ0) is 14.4. The van der Waals surface area contributed by atoms with E-state index < -0.39 is 5.91 Å². The molecular formula is C15H18N2O3. The number of nitrogens with one attached hydrogen (secondary N) is 1. The Kier molecular flexibility index (Phi) is 4.79. The van der Waals surface area contributed by atoms with Gasteiger partial charge in [0.25, 0.3) is 5.91 Å². The van der Waals surface area contributed by atoms with Crippen LogP contribution in [-0.4, -0.2) is 12.5 Å². The third-order valence-corrected chi connectivity index (χ3v) is 2.89.